The number of carbonyl (C=O) groups is 1. The number of thiazole rings is 1. The van der Waals surface area contributed by atoms with E-state index in [-0.39, 0.29) is 11.9 Å². The van der Waals surface area contributed by atoms with Crippen molar-refractivity contribution in [1.82, 2.24) is 15.2 Å². The van der Waals surface area contributed by atoms with Crippen molar-refractivity contribution < 1.29 is 4.79 Å². The Hall–Kier alpha value is -1.72. The smallest absolute Gasteiger partial charge is 0.237 e. The zero-order chi connectivity index (χ0) is 16.1. The van der Waals surface area contributed by atoms with Gasteiger partial charge in [0.25, 0.3) is 0 Å². The summed E-state index contributed by atoms with van der Waals surface area (Å²) < 4.78 is 0. The zero-order valence-corrected chi connectivity index (χ0v) is 14.3. The standard InChI is InChI=1S/C18H23N3OS/c1-21-11-7-3-6-10-16(21)17(22)19-12-15-13-20-18(23-15)14-8-4-2-5-9-14/h2,4-5,8-9,13,16H,3,6-7,10-12H2,1H3,(H,19,22)/t16-/m0/s1. The molecule has 0 radical (unpaired) electrons. The number of nitrogens with zero attached hydrogens (tertiary/aromatic N) is 2. The molecule has 122 valence electrons. The van der Waals surface area contributed by atoms with Crippen LogP contribution in [0, 0.1) is 0 Å². The lowest BCUT2D eigenvalue weighted by atomic mass is 10.1. The summed E-state index contributed by atoms with van der Waals surface area (Å²) >= 11 is 1.64. The fraction of sp³-hybridized carbons (Fsp3) is 0.444. The quantitative estimate of drug-likeness (QED) is 0.936. The predicted molar refractivity (Wildman–Crippen MR) is 94.3 cm³/mol. The molecule has 1 saturated heterocycles. The molecular weight excluding hydrogens is 306 g/mol. The topological polar surface area (TPSA) is 45.2 Å². The van der Waals surface area contributed by atoms with Gasteiger partial charge in [0.1, 0.15) is 5.01 Å². The van der Waals surface area contributed by atoms with E-state index in [0.29, 0.717) is 6.54 Å². The summed E-state index contributed by atoms with van der Waals surface area (Å²) in [6.07, 6.45) is 6.38. The molecule has 0 unspecified atom stereocenters. The van der Waals surface area contributed by atoms with E-state index in [1.807, 2.05) is 24.4 Å². The van der Waals surface area contributed by atoms with Crippen LogP contribution in [0.2, 0.25) is 0 Å². The lowest BCUT2D eigenvalue weighted by molar-refractivity contribution is -0.126. The zero-order valence-electron chi connectivity index (χ0n) is 13.5. The van der Waals surface area contributed by atoms with Gasteiger partial charge < -0.3 is 5.32 Å². The molecule has 23 heavy (non-hydrogen) atoms. The second-order valence-electron chi connectivity index (χ2n) is 6.06. The van der Waals surface area contributed by atoms with Crippen molar-refractivity contribution in [2.45, 2.75) is 38.3 Å². The number of carbonyl (C=O) groups excluding carboxylic acids is 1. The molecule has 1 N–H and O–H groups in total. The van der Waals surface area contributed by atoms with Crippen LogP contribution in [0.25, 0.3) is 10.6 Å². The van der Waals surface area contributed by atoms with Gasteiger partial charge in [-0.3, -0.25) is 9.69 Å². The highest BCUT2D eigenvalue weighted by Gasteiger charge is 2.24. The monoisotopic (exact) mass is 329 g/mol. The summed E-state index contributed by atoms with van der Waals surface area (Å²) in [5, 5.41) is 4.08. The molecule has 1 aromatic heterocycles. The number of nitrogens with one attached hydrogen (secondary N) is 1. The van der Waals surface area contributed by atoms with Gasteiger partial charge in [0, 0.05) is 16.6 Å². The van der Waals surface area contributed by atoms with Gasteiger partial charge >= 0.3 is 0 Å². The minimum absolute atomic E-state index is 0.0130. The molecule has 1 atom stereocenters. The van der Waals surface area contributed by atoms with Gasteiger partial charge in [-0.15, -0.1) is 11.3 Å². The van der Waals surface area contributed by atoms with Gasteiger partial charge in [-0.1, -0.05) is 43.2 Å². The molecule has 3 rings (SSSR count). The molecule has 1 aromatic carbocycles. The third-order valence-electron chi connectivity index (χ3n) is 4.33. The average molecular weight is 329 g/mol. The molecule has 1 aliphatic heterocycles. The van der Waals surface area contributed by atoms with E-state index in [1.165, 1.54) is 12.8 Å². The number of likely N-dealkylation sites (tertiary alicyclic amines) is 1. The first-order valence-electron chi connectivity index (χ1n) is 8.22. The third kappa shape index (κ3) is 4.18. The van der Waals surface area contributed by atoms with E-state index in [0.717, 1.165) is 34.8 Å². The Morgan fingerprint density at radius 3 is 2.96 bits per heavy atom. The Morgan fingerprint density at radius 1 is 1.30 bits per heavy atom. The lowest BCUT2D eigenvalue weighted by Gasteiger charge is -2.24. The SMILES string of the molecule is CN1CCCCC[C@H]1C(=O)NCc1cnc(-c2ccccc2)s1. The predicted octanol–water partition coefficient (Wildman–Crippen LogP) is 3.30. The minimum atomic E-state index is 0.0130. The first-order chi connectivity index (χ1) is 11.2. The van der Waals surface area contributed by atoms with Crippen LogP contribution in [-0.4, -0.2) is 35.4 Å². The van der Waals surface area contributed by atoms with Crippen LogP contribution in [0.3, 0.4) is 0 Å². The number of aromatic nitrogens is 1. The summed E-state index contributed by atoms with van der Waals surface area (Å²) in [5.41, 5.74) is 1.12. The largest absolute Gasteiger partial charge is 0.350 e. The molecule has 1 fully saturated rings. The van der Waals surface area contributed by atoms with E-state index in [9.17, 15) is 4.79 Å². The van der Waals surface area contributed by atoms with Crippen molar-refractivity contribution in [2.75, 3.05) is 13.6 Å². The second-order valence-corrected chi connectivity index (χ2v) is 7.18. The first-order valence-corrected chi connectivity index (χ1v) is 9.04. The van der Waals surface area contributed by atoms with Crippen molar-refractivity contribution in [3.8, 4) is 10.6 Å². The molecule has 1 aliphatic rings. The molecule has 0 spiro atoms. The fourth-order valence-corrected chi connectivity index (χ4v) is 3.84. The molecular formula is C18H23N3OS. The van der Waals surface area contributed by atoms with Gasteiger partial charge in [-0.05, 0) is 26.4 Å². The molecule has 0 saturated carbocycles. The van der Waals surface area contributed by atoms with Crippen molar-refractivity contribution in [3.63, 3.8) is 0 Å². The van der Waals surface area contributed by atoms with Crippen LogP contribution >= 0.6 is 11.3 Å². The Kier molecular flexibility index (Phi) is 5.41. The summed E-state index contributed by atoms with van der Waals surface area (Å²) in [6, 6.07) is 10.2. The molecule has 0 aliphatic carbocycles. The minimum Gasteiger partial charge on any atom is -0.350 e. The molecule has 5 heteroatoms. The number of benzene rings is 1. The Morgan fingerprint density at radius 2 is 2.13 bits per heavy atom. The number of likely N-dealkylation sites (N-methyl/N-ethyl adjacent to an activating group) is 1. The molecule has 2 aromatic rings. The van der Waals surface area contributed by atoms with Gasteiger partial charge in [0.05, 0.1) is 12.6 Å². The summed E-state index contributed by atoms with van der Waals surface area (Å²) in [5.74, 6) is 0.143. The Bertz CT molecular complexity index is 641. The lowest BCUT2D eigenvalue weighted by Crippen LogP contribution is -2.44. The number of hydrogen-bond donors (Lipinski definition) is 1. The fourth-order valence-electron chi connectivity index (χ4n) is 2.98. The van der Waals surface area contributed by atoms with Crippen molar-refractivity contribution in [1.29, 1.82) is 0 Å². The Balaban J connectivity index is 1.58. The van der Waals surface area contributed by atoms with Crippen molar-refractivity contribution in [2.24, 2.45) is 0 Å². The van der Waals surface area contributed by atoms with Gasteiger partial charge in [0.2, 0.25) is 5.91 Å². The van der Waals surface area contributed by atoms with E-state index in [2.05, 4.69) is 34.4 Å². The number of amides is 1. The maximum absolute atomic E-state index is 12.4. The van der Waals surface area contributed by atoms with E-state index < -0.39 is 0 Å². The van der Waals surface area contributed by atoms with Gasteiger partial charge in [-0.2, -0.15) is 0 Å². The third-order valence-corrected chi connectivity index (χ3v) is 5.38. The normalized spacial score (nSPS) is 19.3. The van der Waals surface area contributed by atoms with E-state index in [1.54, 1.807) is 11.3 Å². The van der Waals surface area contributed by atoms with Crippen LogP contribution in [-0.2, 0) is 11.3 Å². The summed E-state index contributed by atoms with van der Waals surface area (Å²) in [7, 11) is 2.05. The van der Waals surface area contributed by atoms with E-state index >= 15 is 0 Å². The van der Waals surface area contributed by atoms with Crippen LogP contribution in [0.5, 0.6) is 0 Å². The average Bonchev–Trinajstić information content (AvgIpc) is 2.95. The highest BCUT2D eigenvalue weighted by molar-refractivity contribution is 7.15. The maximum atomic E-state index is 12.4. The van der Waals surface area contributed by atoms with Crippen LogP contribution in [0.1, 0.15) is 30.6 Å². The molecule has 0 bridgehead atoms. The molecule has 1 amide bonds. The highest BCUT2D eigenvalue weighted by Crippen LogP contribution is 2.24. The van der Waals surface area contributed by atoms with Crippen molar-refractivity contribution >= 4 is 17.2 Å². The van der Waals surface area contributed by atoms with Crippen LogP contribution in [0.4, 0.5) is 0 Å². The highest BCUT2D eigenvalue weighted by atomic mass is 32.1. The molecule has 4 nitrogen and oxygen atoms in total. The Labute approximate surface area is 141 Å². The summed E-state index contributed by atoms with van der Waals surface area (Å²) in [4.78, 5) is 20.2. The maximum Gasteiger partial charge on any atom is 0.237 e. The van der Waals surface area contributed by atoms with E-state index in [4.69, 9.17) is 0 Å². The molecule has 2 heterocycles. The van der Waals surface area contributed by atoms with Crippen molar-refractivity contribution in [3.05, 3.63) is 41.4 Å². The number of rotatable bonds is 4. The van der Waals surface area contributed by atoms with Crippen LogP contribution in [0.15, 0.2) is 36.5 Å². The first kappa shape index (κ1) is 16.1. The van der Waals surface area contributed by atoms with Gasteiger partial charge in [-0.25, -0.2) is 4.98 Å². The second kappa shape index (κ2) is 7.70. The van der Waals surface area contributed by atoms with Gasteiger partial charge in [0.15, 0.2) is 0 Å². The number of hydrogen-bond acceptors (Lipinski definition) is 4. The van der Waals surface area contributed by atoms with Crippen LogP contribution < -0.4 is 5.32 Å². The summed E-state index contributed by atoms with van der Waals surface area (Å²) in [6.45, 7) is 1.57.